The van der Waals surface area contributed by atoms with Gasteiger partial charge in [0.25, 0.3) is 11.8 Å². The van der Waals surface area contributed by atoms with Crippen LogP contribution < -0.4 is 15.2 Å². The van der Waals surface area contributed by atoms with Crippen LogP contribution in [0.15, 0.2) is 72.8 Å². The molecule has 1 unspecified atom stereocenters. The summed E-state index contributed by atoms with van der Waals surface area (Å²) in [5, 5.41) is 18.3. The van der Waals surface area contributed by atoms with Gasteiger partial charge in [-0.1, -0.05) is 48.0 Å². The van der Waals surface area contributed by atoms with E-state index in [9.17, 15) is 14.7 Å². The molecule has 5 rings (SSSR count). The summed E-state index contributed by atoms with van der Waals surface area (Å²) in [5.41, 5.74) is 7.53. The molecule has 0 fully saturated rings. The Morgan fingerprint density at radius 2 is 1.75 bits per heavy atom. The minimum atomic E-state index is -1.09. The van der Waals surface area contributed by atoms with Gasteiger partial charge < -0.3 is 25.2 Å². The maximum atomic E-state index is 12.6. The molecule has 0 spiro atoms. The summed E-state index contributed by atoms with van der Waals surface area (Å²) >= 11 is 6.37. The Morgan fingerprint density at radius 3 is 2.43 bits per heavy atom. The van der Waals surface area contributed by atoms with Gasteiger partial charge in [0, 0.05) is 31.6 Å². The van der Waals surface area contributed by atoms with E-state index in [2.05, 4.69) is 15.0 Å². The highest BCUT2D eigenvalue weighted by molar-refractivity contribution is 6.32. The number of carboxylic acids is 1. The van der Waals surface area contributed by atoms with Gasteiger partial charge in [0.15, 0.2) is 11.2 Å². The van der Waals surface area contributed by atoms with E-state index in [0.29, 0.717) is 17.0 Å². The van der Waals surface area contributed by atoms with E-state index in [1.807, 2.05) is 30.3 Å². The average molecular weight is 614 g/mol. The second kappa shape index (κ2) is 12.4. The maximum Gasteiger partial charge on any atom is 0.327 e. The predicted octanol–water partition coefficient (Wildman–Crippen LogP) is 5.23. The monoisotopic (exact) mass is 613 g/mol. The van der Waals surface area contributed by atoms with Crippen LogP contribution in [-0.4, -0.2) is 61.3 Å². The van der Waals surface area contributed by atoms with Crippen LogP contribution in [0.4, 0.5) is 0 Å². The molecule has 13 heteroatoms. The first-order chi connectivity index (χ1) is 21.0. The highest BCUT2D eigenvalue weighted by Gasteiger charge is 2.28. The molecule has 1 atom stereocenters. The molecule has 4 N–H and O–H groups in total. The lowest BCUT2D eigenvalue weighted by atomic mass is 10.1. The van der Waals surface area contributed by atoms with Crippen molar-refractivity contribution >= 4 is 40.5 Å². The van der Waals surface area contributed by atoms with Gasteiger partial charge in [-0.25, -0.2) is 9.78 Å². The van der Waals surface area contributed by atoms with Gasteiger partial charge in [0.2, 0.25) is 0 Å². The van der Waals surface area contributed by atoms with E-state index < -0.39 is 12.0 Å². The number of aromatic nitrogens is 4. The van der Waals surface area contributed by atoms with Crippen LogP contribution in [-0.2, 0) is 11.2 Å². The van der Waals surface area contributed by atoms with Crippen LogP contribution in [0, 0.1) is 12.3 Å². The number of aryl methyl sites for hydroxylation is 1. The zero-order chi connectivity index (χ0) is 31.5. The number of nitrogens with one attached hydrogen (secondary N) is 1. The van der Waals surface area contributed by atoms with Crippen molar-refractivity contribution in [1.29, 1.82) is 5.41 Å². The zero-order valence-electron chi connectivity index (χ0n) is 24.0. The Hall–Kier alpha value is -5.49. The molecule has 0 aliphatic rings. The standard InChI is InChI=1S/C31H28ClN7O5/c1-17-35-25-27(39(17)23(30(41)42)14-18-8-5-4-6-9-18)36-31(44-24-16-19(26(33)34)12-13-22(24)32)37-28(25)43-21-11-7-10-20(15-21)29(40)38(2)3/h4-13,15-16,23H,14H2,1-3H3,(H3,33,34)(H,41,42). The van der Waals surface area contributed by atoms with Crippen LogP contribution in [0.2, 0.25) is 5.02 Å². The summed E-state index contributed by atoms with van der Waals surface area (Å²) < 4.78 is 13.6. The van der Waals surface area contributed by atoms with Crippen molar-refractivity contribution in [3.63, 3.8) is 0 Å². The summed E-state index contributed by atoms with van der Waals surface area (Å²) in [7, 11) is 3.28. The van der Waals surface area contributed by atoms with Crippen LogP contribution in [0.1, 0.15) is 33.4 Å². The molecule has 12 nitrogen and oxygen atoms in total. The zero-order valence-corrected chi connectivity index (χ0v) is 24.7. The Kier molecular flexibility index (Phi) is 8.45. The minimum Gasteiger partial charge on any atom is -0.480 e. The molecule has 3 aromatic carbocycles. The number of nitrogens with zero attached hydrogens (tertiary/aromatic N) is 5. The van der Waals surface area contributed by atoms with Gasteiger partial charge in [0.05, 0.1) is 5.02 Å². The number of ether oxygens (including phenoxy) is 2. The fraction of sp³-hybridized carbons (Fsp3) is 0.161. The summed E-state index contributed by atoms with van der Waals surface area (Å²) in [4.78, 5) is 40.2. The van der Waals surface area contributed by atoms with Crippen LogP contribution >= 0.6 is 11.6 Å². The van der Waals surface area contributed by atoms with Gasteiger partial charge in [-0.15, -0.1) is 0 Å². The fourth-order valence-electron chi connectivity index (χ4n) is 4.56. The second-order valence-electron chi connectivity index (χ2n) is 10.0. The first-order valence-electron chi connectivity index (χ1n) is 13.4. The molecule has 0 saturated carbocycles. The number of fused-ring (bicyclic) bond motifs is 1. The van der Waals surface area contributed by atoms with Crippen molar-refractivity contribution in [2.75, 3.05) is 14.1 Å². The molecular weight excluding hydrogens is 586 g/mol. The smallest absolute Gasteiger partial charge is 0.327 e. The lowest BCUT2D eigenvalue weighted by Crippen LogP contribution is -2.23. The quantitative estimate of drug-likeness (QED) is 0.141. The van der Waals surface area contributed by atoms with Crippen LogP contribution in [0.5, 0.6) is 23.4 Å². The molecule has 2 heterocycles. The molecule has 224 valence electrons. The van der Waals surface area contributed by atoms with E-state index in [1.165, 1.54) is 21.6 Å². The molecule has 0 aliphatic heterocycles. The van der Waals surface area contributed by atoms with Gasteiger partial charge >= 0.3 is 12.0 Å². The summed E-state index contributed by atoms with van der Waals surface area (Å²) in [5.74, 6) is -0.795. The first-order valence-corrected chi connectivity index (χ1v) is 13.7. The lowest BCUT2D eigenvalue weighted by Gasteiger charge is -2.17. The molecule has 0 saturated heterocycles. The van der Waals surface area contributed by atoms with Gasteiger partial charge in [-0.05, 0) is 48.9 Å². The molecule has 0 bridgehead atoms. The molecular formula is C31H28ClN7O5. The number of imidazole rings is 1. The molecule has 5 aromatic rings. The molecule has 44 heavy (non-hydrogen) atoms. The number of carboxylic acid groups (broad SMARTS) is 1. The largest absolute Gasteiger partial charge is 0.480 e. The predicted molar refractivity (Wildman–Crippen MR) is 164 cm³/mol. The number of aliphatic carboxylic acids is 1. The first kappa shape index (κ1) is 30.0. The third kappa shape index (κ3) is 6.30. The van der Waals surface area contributed by atoms with E-state index in [4.69, 9.17) is 32.2 Å². The SMILES string of the molecule is Cc1nc2c(Oc3cccc(C(=O)N(C)C)c3)nc(Oc3cc(C(=N)N)ccc3Cl)nc2n1C(Cc1ccccc1)C(=O)O. The highest BCUT2D eigenvalue weighted by Crippen LogP contribution is 2.35. The number of halogens is 1. The van der Waals surface area contributed by atoms with Crippen molar-refractivity contribution in [3.05, 3.63) is 100 Å². The van der Waals surface area contributed by atoms with E-state index in [1.54, 1.807) is 51.4 Å². The topological polar surface area (TPSA) is 170 Å². The minimum absolute atomic E-state index is 0.0380. The number of carbonyl (C=O) groups excluding carboxylic acids is 1. The average Bonchev–Trinajstić information content (AvgIpc) is 3.32. The van der Waals surface area contributed by atoms with E-state index in [-0.39, 0.29) is 57.7 Å². The van der Waals surface area contributed by atoms with Gasteiger partial charge in [-0.3, -0.25) is 14.8 Å². The Morgan fingerprint density at radius 1 is 1.00 bits per heavy atom. The molecule has 0 radical (unpaired) electrons. The lowest BCUT2D eigenvalue weighted by molar-refractivity contribution is -0.140. The highest BCUT2D eigenvalue weighted by atomic mass is 35.5. The Labute approximate surface area is 257 Å². The summed E-state index contributed by atoms with van der Waals surface area (Å²) in [6.45, 7) is 1.66. The number of carbonyl (C=O) groups is 2. The number of rotatable bonds is 10. The van der Waals surface area contributed by atoms with Gasteiger partial charge in [0.1, 0.15) is 29.2 Å². The Balaban J connectivity index is 1.66. The normalized spacial score (nSPS) is 11.6. The van der Waals surface area contributed by atoms with Crippen LogP contribution in [0.25, 0.3) is 11.2 Å². The van der Waals surface area contributed by atoms with Gasteiger partial charge in [-0.2, -0.15) is 9.97 Å². The maximum absolute atomic E-state index is 12.6. The van der Waals surface area contributed by atoms with Crippen molar-refractivity contribution in [2.45, 2.75) is 19.4 Å². The third-order valence-electron chi connectivity index (χ3n) is 6.68. The number of amidine groups is 1. The number of amides is 1. The molecule has 2 aromatic heterocycles. The molecule has 0 aliphatic carbocycles. The fourth-order valence-corrected chi connectivity index (χ4v) is 4.72. The molecule has 1 amide bonds. The summed E-state index contributed by atoms with van der Waals surface area (Å²) in [6.07, 6.45) is 0.153. The van der Waals surface area contributed by atoms with Crippen molar-refractivity contribution < 1.29 is 24.2 Å². The number of nitrogens with two attached hydrogens (primary N) is 1. The van der Waals surface area contributed by atoms with Crippen molar-refractivity contribution in [2.24, 2.45) is 5.73 Å². The second-order valence-corrected chi connectivity index (χ2v) is 10.5. The number of hydrogen-bond acceptors (Lipinski definition) is 8. The van der Waals surface area contributed by atoms with Crippen molar-refractivity contribution in [1.82, 2.24) is 24.4 Å². The summed E-state index contributed by atoms with van der Waals surface area (Å²) in [6, 6.07) is 19.0. The number of nitrogen functional groups attached to an aromatic ring is 1. The van der Waals surface area contributed by atoms with Crippen LogP contribution in [0.3, 0.4) is 0 Å². The van der Waals surface area contributed by atoms with E-state index in [0.717, 1.165) is 5.56 Å². The number of hydrogen-bond donors (Lipinski definition) is 3. The van der Waals surface area contributed by atoms with Crippen molar-refractivity contribution in [3.8, 4) is 23.4 Å². The number of benzene rings is 3. The third-order valence-corrected chi connectivity index (χ3v) is 6.99. The van der Waals surface area contributed by atoms with E-state index >= 15 is 0 Å². The Bertz CT molecular complexity index is 1890.